The first-order chi connectivity index (χ1) is 9.96. The Kier molecular flexibility index (Phi) is 5.05. The van der Waals surface area contributed by atoms with E-state index < -0.39 is 5.60 Å². The molecule has 0 aliphatic carbocycles. The van der Waals surface area contributed by atoms with Gasteiger partial charge in [0.15, 0.2) is 0 Å². The molecule has 1 heterocycles. The van der Waals surface area contributed by atoms with E-state index in [0.717, 1.165) is 31.4 Å². The van der Waals surface area contributed by atoms with Crippen LogP contribution < -0.4 is 0 Å². The molecular weight excluding hydrogens is 262 g/mol. The molecule has 1 aliphatic heterocycles. The Balaban J connectivity index is 2.05. The van der Waals surface area contributed by atoms with Crippen LogP contribution in [0.5, 0.6) is 0 Å². The summed E-state index contributed by atoms with van der Waals surface area (Å²) in [5, 5.41) is 0. The zero-order valence-corrected chi connectivity index (χ0v) is 13.2. The fraction of sp³-hybridized carbons (Fsp3) is 0.500. The first-order valence-corrected chi connectivity index (χ1v) is 7.68. The minimum atomic E-state index is -0.442. The number of ether oxygens (including phenoxy) is 1. The first kappa shape index (κ1) is 15.6. The fourth-order valence-electron chi connectivity index (χ4n) is 2.49. The van der Waals surface area contributed by atoms with Crippen molar-refractivity contribution in [2.45, 2.75) is 51.7 Å². The minimum absolute atomic E-state index is 0.133. The summed E-state index contributed by atoms with van der Waals surface area (Å²) < 4.78 is 5.51. The van der Waals surface area contributed by atoms with Crippen LogP contribution in [0.2, 0.25) is 0 Å². The number of carbonyl (C=O) groups is 1. The van der Waals surface area contributed by atoms with Gasteiger partial charge < -0.3 is 9.64 Å². The molecule has 1 unspecified atom stereocenters. The normalized spacial score (nSPS) is 19.8. The second kappa shape index (κ2) is 6.79. The lowest BCUT2D eigenvalue weighted by atomic mass is 10.0. The molecule has 114 valence electrons. The standard InChI is InChI=1S/C18H25NO2/c1-18(2,3)21-17(20)19-14-8-7-11-16(19)13-12-15-9-5-4-6-10-15/h4-6,9-10,12-13,16H,7-8,11,14H2,1-3H3/b13-12+. The molecule has 1 fully saturated rings. The van der Waals surface area contributed by atoms with Gasteiger partial charge in [-0.1, -0.05) is 42.5 Å². The van der Waals surface area contributed by atoms with Crippen LogP contribution in [0.4, 0.5) is 4.79 Å². The summed E-state index contributed by atoms with van der Waals surface area (Å²) in [4.78, 5) is 14.2. The van der Waals surface area contributed by atoms with Crippen molar-refractivity contribution in [3.8, 4) is 0 Å². The number of nitrogens with zero attached hydrogens (tertiary/aromatic N) is 1. The summed E-state index contributed by atoms with van der Waals surface area (Å²) in [6.07, 6.45) is 7.22. The fourth-order valence-corrected chi connectivity index (χ4v) is 2.49. The third-order valence-electron chi connectivity index (χ3n) is 3.49. The van der Waals surface area contributed by atoms with Gasteiger partial charge in [-0.25, -0.2) is 4.79 Å². The van der Waals surface area contributed by atoms with Gasteiger partial charge in [0.1, 0.15) is 5.60 Å². The molecule has 0 bridgehead atoms. The van der Waals surface area contributed by atoms with Crippen LogP contribution in [0, 0.1) is 0 Å². The zero-order valence-electron chi connectivity index (χ0n) is 13.2. The van der Waals surface area contributed by atoms with Crippen molar-refractivity contribution in [2.75, 3.05) is 6.54 Å². The van der Waals surface area contributed by atoms with Crippen LogP contribution in [0.3, 0.4) is 0 Å². The quantitative estimate of drug-likeness (QED) is 0.802. The lowest BCUT2D eigenvalue weighted by Gasteiger charge is -2.35. The summed E-state index contributed by atoms with van der Waals surface area (Å²) in [6, 6.07) is 10.3. The largest absolute Gasteiger partial charge is 0.444 e. The van der Waals surface area contributed by atoms with E-state index in [4.69, 9.17) is 4.74 Å². The number of benzene rings is 1. The highest BCUT2D eigenvalue weighted by Crippen LogP contribution is 2.22. The van der Waals surface area contributed by atoms with Crippen molar-refractivity contribution in [2.24, 2.45) is 0 Å². The molecule has 1 aromatic carbocycles. The van der Waals surface area contributed by atoms with Crippen molar-refractivity contribution in [1.29, 1.82) is 0 Å². The van der Waals surface area contributed by atoms with Gasteiger partial charge >= 0.3 is 6.09 Å². The van der Waals surface area contributed by atoms with E-state index in [1.807, 2.05) is 43.9 Å². The molecule has 21 heavy (non-hydrogen) atoms. The third-order valence-corrected chi connectivity index (χ3v) is 3.49. The number of rotatable bonds is 2. The molecule has 1 atom stereocenters. The molecular formula is C18H25NO2. The summed E-state index contributed by atoms with van der Waals surface area (Å²) in [5.41, 5.74) is 0.717. The van der Waals surface area contributed by atoms with E-state index in [0.29, 0.717) is 0 Å². The topological polar surface area (TPSA) is 29.5 Å². The second-order valence-corrected chi connectivity index (χ2v) is 6.51. The summed E-state index contributed by atoms with van der Waals surface area (Å²) >= 11 is 0. The summed E-state index contributed by atoms with van der Waals surface area (Å²) in [7, 11) is 0. The molecule has 0 saturated carbocycles. The number of carbonyl (C=O) groups excluding carboxylic acids is 1. The monoisotopic (exact) mass is 287 g/mol. The second-order valence-electron chi connectivity index (χ2n) is 6.51. The van der Waals surface area contributed by atoms with Gasteiger partial charge in [0, 0.05) is 6.54 Å². The van der Waals surface area contributed by atoms with Gasteiger partial charge in [-0.15, -0.1) is 0 Å². The molecule has 2 rings (SSSR count). The van der Waals surface area contributed by atoms with Crippen LogP contribution in [0.15, 0.2) is 36.4 Å². The van der Waals surface area contributed by atoms with Crippen molar-refractivity contribution in [3.63, 3.8) is 0 Å². The van der Waals surface area contributed by atoms with Crippen molar-refractivity contribution in [1.82, 2.24) is 4.90 Å². The Labute approximate surface area is 127 Å². The average molecular weight is 287 g/mol. The van der Waals surface area contributed by atoms with Gasteiger partial charge in [-0.2, -0.15) is 0 Å². The molecule has 1 aromatic rings. The van der Waals surface area contributed by atoms with Gasteiger partial charge in [0.2, 0.25) is 0 Å². The van der Waals surface area contributed by atoms with E-state index in [1.54, 1.807) is 0 Å². The molecule has 3 heteroatoms. The van der Waals surface area contributed by atoms with Crippen molar-refractivity contribution >= 4 is 12.2 Å². The molecule has 1 aliphatic rings. The number of hydrogen-bond donors (Lipinski definition) is 0. The lowest BCUT2D eigenvalue weighted by molar-refractivity contribution is 0.0150. The summed E-state index contributed by atoms with van der Waals surface area (Å²) in [5.74, 6) is 0. The highest BCUT2D eigenvalue weighted by atomic mass is 16.6. The Hall–Kier alpha value is -1.77. The predicted molar refractivity (Wildman–Crippen MR) is 86.1 cm³/mol. The van der Waals surface area contributed by atoms with Crippen molar-refractivity contribution in [3.05, 3.63) is 42.0 Å². The highest BCUT2D eigenvalue weighted by molar-refractivity contribution is 5.69. The van der Waals surface area contributed by atoms with E-state index >= 15 is 0 Å². The lowest BCUT2D eigenvalue weighted by Crippen LogP contribution is -2.45. The Morgan fingerprint density at radius 1 is 1.24 bits per heavy atom. The smallest absolute Gasteiger partial charge is 0.410 e. The van der Waals surface area contributed by atoms with Gasteiger partial charge in [-0.05, 0) is 45.6 Å². The molecule has 0 spiro atoms. The Morgan fingerprint density at radius 2 is 1.95 bits per heavy atom. The first-order valence-electron chi connectivity index (χ1n) is 7.68. The number of likely N-dealkylation sites (tertiary alicyclic amines) is 1. The Bertz CT molecular complexity index is 488. The van der Waals surface area contributed by atoms with Gasteiger partial charge in [0.25, 0.3) is 0 Å². The average Bonchev–Trinajstić information content (AvgIpc) is 2.45. The van der Waals surface area contributed by atoms with Crippen LogP contribution in [0.1, 0.15) is 45.6 Å². The predicted octanol–water partition coefficient (Wildman–Crippen LogP) is 4.49. The highest BCUT2D eigenvalue weighted by Gasteiger charge is 2.28. The SMILES string of the molecule is CC(C)(C)OC(=O)N1CCCCC1/C=C/c1ccccc1. The van der Waals surface area contributed by atoms with Crippen LogP contribution >= 0.6 is 0 Å². The maximum atomic E-state index is 12.3. The zero-order chi connectivity index (χ0) is 15.3. The summed E-state index contributed by atoms with van der Waals surface area (Å²) in [6.45, 7) is 6.50. The van der Waals surface area contributed by atoms with E-state index in [1.165, 1.54) is 0 Å². The maximum absolute atomic E-state index is 12.3. The third kappa shape index (κ3) is 4.92. The van der Waals surface area contributed by atoms with E-state index in [9.17, 15) is 4.79 Å². The molecule has 0 aromatic heterocycles. The molecule has 1 saturated heterocycles. The number of piperidine rings is 1. The Morgan fingerprint density at radius 3 is 2.62 bits per heavy atom. The number of hydrogen-bond acceptors (Lipinski definition) is 2. The van der Waals surface area contributed by atoms with E-state index in [-0.39, 0.29) is 12.1 Å². The minimum Gasteiger partial charge on any atom is -0.444 e. The van der Waals surface area contributed by atoms with E-state index in [2.05, 4.69) is 24.3 Å². The molecule has 0 radical (unpaired) electrons. The van der Waals surface area contributed by atoms with Crippen LogP contribution in [-0.2, 0) is 4.74 Å². The van der Waals surface area contributed by atoms with Crippen molar-refractivity contribution < 1.29 is 9.53 Å². The van der Waals surface area contributed by atoms with Crippen LogP contribution in [0.25, 0.3) is 6.08 Å². The maximum Gasteiger partial charge on any atom is 0.410 e. The molecule has 0 N–H and O–H groups in total. The van der Waals surface area contributed by atoms with Gasteiger partial charge in [0.05, 0.1) is 6.04 Å². The molecule has 1 amide bonds. The van der Waals surface area contributed by atoms with Gasteiger partial charge in [-0.3, -0.25) is 0 Å². The number of amides is 1. The van der Waals surface area contributed by atoms with Crippen LogP contribution in [-0.4, -0.2) is 29.2 Å². The molecule has 3 nitrogen and oxygen atoms in total.